The smallest absolute Gasteiger partial charge is 0.0589 e. The maximum atomic E-state index is 5.11. The molecule has 0 saturated carbocycles. The molecule has 1 aliphatic rings. The Bertz CT molecular complexity index is 113. The maximum absolute atomic E-state index is 5.11. The van der Waals surface area contributed by atoms with Crippen LogP contribution < -0.4 is 0 Å². The number of methoxy groups -OCH3 is 1. The summed E-state index contributed by atoms with van der Waals surface area (Å²) in [7, 11) is 1.79. The molecular weight excluding hydrogens is 162 g/mol. The first-order valence-corrected chi connectivity index (χ1v) is 5.61. The van der Waals surface area contributed by atoms with Gasteiger partial charge in [-0.15, -0.1) is 0 Å². The van der Waals surface area contributed by atoms with Crippen LogP contribution in [0.1, 0.15) is 39.0 Å². The Labute approximate surface area is 82.3 Å². The van der Waals surface area contributed by atoms with Gasteiger partial charge in [0.25, 0.3) is 0 Å². The molecule has 2 nitrogen and oxygen atoms in total. The molecule has 0 spiro atoms. The lowest BCUT2D eigenvalue weighted by molar-refractivity contribution is 0.137. The van der Waals surface area contributed by atoms with Gasteiger partial charge in [-0.1, -0.05) is 19.8 Å². The van der Waals surface area contributed by atoms with E-state index in [2.05, 4.69) is 11.8 Å². The average Bonchev–Trinajstić information content (AvgIpc) is 2.59. The molecule has 1 heterocycles. The third-order valence-electron chi connectivity index (χ3n) is 2.97. The molecule has 0 N–H and O–H groups in total. The van der Waals surface area contributed by atoms with Gasteiger partial charge in [-0.05, 0) is 25.8 Å². The number of unbranched alkanes of at least 4 members (excludes halogenated alkanes) is 1. The van der Waals surface area contributed by atoms with Crippen LogP contribution in [0.15, 0.2) is 0 Å². The van der Waals surface area contributed by atoms with Crippen LogP contribution in [0, 0.1) is 0 Å². The molecule has 1 aliphatic heterocycles. The Hall–Kier alpha value is -0.0800. The number of hydrogen-bond donors (Lipinski definition) is 0. The summed E-state index contributed by atoms with van der Waals surface area (Å²) in [6.45, 7) is 5.58. The average molecular weight is 185 g/mol. The fourth-order valence-corrected chi connectivity index (χ4v) is 2.16. The van der Waals surface area contributed by atoms with Gasteiger partial charge in [0.2, 0.25) is 0 Å². The third kappa shape index (κ3) is 3.65. The van der Waals surface area contributed by atoms with Gasteiger partial charge in [0, 0.05) is 19.7 Å². The maximum Gasteiger partial charge on any atom is 0.0589 e. The van der Waals surface area contributed by atoms with E-state index >= 15 is 0 Å². The first kappa shape index (κ1) is 11.0. The van der Waals surface area contributed by atoms with E-state index in [1.807, 2.05) is 0 Å². The molecule has 0 bridgehead atoms. The van der Waals surface area contributed by atoms with Crippen LogP contribution in [-0.2, 0) is 4.74 Å². The van der Waals surface area contributed by atoms with Crippen molar-refractivity contribution in [3.63, 3.8) is 0 Å². The monoisotopic (exact) mass is 185 g/mol. The number of hydrogen-bond acceptors (Lipinski definition) is 2. The quantitative estimate of drug-likeness (QED) is 0.629. The van der Waals surface area contributed by atoms with E-state index in [1.165, 1.54) is 38.6 Å². The van der Waals surface area contributed by atoms with Crippen LogP contribution in [-0.4, -0.2) is 37.7 Å². The summed E-state index contributed by atoms with van der Waals surface area (Å²) < 4.78 is 5.11. The van der Waals surface area contributed by atoms with Gasteiger partial charge < -0.3 is 4.74 Å². The Morgan fingerprint density at radius 1 is 1.46 bits per heavy atom. The van der Waals surface area contributed by atoms with E-state index in [9.17, 15) is 0 Å². The molecule has 0 aromatic heterocycles. The van der Waals surface area contributed by atoms with Crippen molar-refractivity contribution < 1.29 is 4.74 Å². The van der Waals surface area contributed by atoms with Crippen LogP contribution >= 0.6 is 0 Å². The number of ether oxygens (including phenoxy) is 1. The lowest BCUT2D eigenvalue weighted by Crippen LogP contribution is -2.32. The van der Waals surface area contributed by atoms with Crippen molar-refractivity contribution in [1.29, 1.82) is 0 Å². The highest BCUT2D eigenvalue weighted by Crippen LogP contribution is 2.21. The SMILES string of the molecule is CCCCC1CCCN1CCOC. The molecule has 1 saturated heterocycles. The lowest BCUT2D eigenvalue weighted by atomic mass is 10.1. The Morgan fingerprint density at radius 3 is 3.00 bits per heavy atom. The molecule has 0 aromatic rings. The predicted octanol–water partition coefficient (Wildman–Crippen LogP) is 2.29. The van der Waals surface area contributed by atoms with Gasteiger partial charge in [0.1, 0.15) is 0 Å². The minimum atomic E-state index is 0.857. The summed E-state index contributed by atoms with van der Waals surface area (Å²) >= 11 is 0. The number of likely N-dealkylation sites (tertiary alicyclic amines) is 1. The van der Waals surface area contributed by atoms with Gasteiger partial charge in [0.05, 0.1) is 6.61 Å². The van der Waals surface area contributed by atoms with Crippen molar-refractivity contribution in [1.82, 2.24) is 4.90 Å². The molecule has 1 unspecified atom stereocenters. The molecule has 13 heavy (non-hydrogen) atoms. The Morgan fingerprint density at radius 2 is 2.31 bits per heavy atom. The Balaban J connectivity index is 2.18. The highest BCUT2D eigenvalue weighted by molar-refractivity contribution is 4.78. The topological polar surface area (TPSA) is 12.5 Å². The molecule has 1 fully saturated rings. The molecule has 0 aromatic carbocycles. The first-order valence-electron chi connectivity index (χ1n) is 5.61. The van der Waals surface area contributed by atoms with Crippen LogP contribution in [0.2, 0.25) is 0 Å². The molecule has 0 radical (unpaired) electrons. The summed E-state index contributed by atoms with van der Waals surface area (Å²) in [6.07, 6.45) is 6.89. The van der Waals surface area contributed by atoms with E-state index in [-0.39, 0.29) is 0 Å². The molecule has 2 heteroatoms. The summed E-state index contributed by atoms with van der Waals surface area (Å²) in [5.41, 5.74) is 0. The van der Waals surface area contributed by atoms with Gasteiger partial charge in [0.15, 0.2) is 0 Å². The number of nitrogens with zero attached hydrogens (tertiary/aromatic N) is 1. The van der Waals surface area contributed by atoms with Crippen molar-refractivity contribution in [3.05, 3.63) is 0 Å². The second-order valence-electron chi connectivity index (χ2n) is 3.97. The van der Waals surface area contributed by atoms with Gasteiger partial charge in [-0.3, -0.25) is 4.90 Å². The third-order valence-corrected chi connectivity index (χ3v) is 2.97. The van der Waals surface area contributed by atoms with E-state index < -0.39 is 0 Å². The summed E-state index contributed by atoms with van der Waals surface area (Å²) in [4.78, 5) is 2.60. The zero-order chi connectivity index (χ0) is 9.52. The minimum absolute atomic E-state index is 0.857. The van der Waals surface area contributed by atoms with Gasteiger partial charge in [-0.2, -0.15) is 0 Å². The fourth-order valence-electron chi connectivity index (χ4n) is 2.16. The lowest BCUT2D eigenvalue weighted by Gasteiger charge is -2.23. The second-order valence-corrected chi connectivity index (χ2v) is 3.97. The van der Waals surface area contributed by atoms with E-state index in [4.69, 9.17) is 4.74 Å². The highest BCUT2D eigenvalue weighted by Gasteiger charge is 2.22. The van der Waals surface area contributed by atoms with Gasteiger partial charge >= 0.3 is 0 Å². The highest BCUT2D eigenvalue weighted by atomic mass is 16.5. The molecule has 78 valence electrons. The zero-order valence-corrected chi connectivity index (χ0v) is 9.09. The van der Waals surface area contributed by atoms with E-state index in [1.54, 1.807) is 7.11 Å². The van der Waals surface area contributed by atoms with Crippen LogP contribution in [0.4, 0.5) is 0 Å². The van der Waals surface area contributed by atoms with Crippen molar-refractivity contribution in [2.24, 2.45) is 0 Å². The van der Waals surface area contributed by atoms with Crippen molar-refractivity contribution in [2.75, 3.05) is 26.8 Å². The first-order chi connectivity index (χ1) is 6.38. The van der Waals surface area contributed by atoms with Crippen LogP contribution in [0.3, 0.4) is 0 Å². The Kier molecular flexibility index (Phi) is 5.40. The zero-order valence-electron chi connectivity index (χ0n) is 9.09. The summed E-state index contributed by atoms with van der Waals surface area (Å²) in [5, 5.41) is 0. The predicted molar refractivity (Wildman–Crippen MR) is 56.0 cm³/mol. The molecule has 0 amide bonds. The molecular formula is C11H23NO. The summed E-state index contributed by atoms with van der Waals surface area (Å²) in [5.74, 6) is 0. The number of rotatable bonds is 6. The van der Waals surface area contributed by atoms with Crippen molar-refractivity contribution in [3.8, 4) is 0 Å². The molecule has 0 aliphatic carbocycles. The minimum Gasteiger partial charge on any atom is -0.383 e. The fraction of sp³-hybridized carbons (Fsp3) is 1.00. The normalized spacial score (nSPS) is 24.0. The largest absolute Gasteiger partial charge is 0.383 e. The van der Waals surface area contributed by atoms with Crippen molar-refractivity contribution >= 4 is 0 Å². The van der Waals surface area contributed by atoms with Crippen LogP contribution in [0.5, 0.6) is 0 Å². The second kappa shape index (κ2) is 6.39. The standard InChI is InChI=1S/C11H23NO/c1-3-4-6-11-7-5-8-12(11)9-10-13-2/h11H,3-10H2,1-2H3. The summed E-state index contributed by atoms with van der Waals surface area (Å²) in [6, 6.07) is 0.857. The van der Waals surface area contributed by atoms with E-state index in [0.717, 1.165) is 19.2 Å². The molecule has 1 atom stereocenters. The van der Waals surface area contributed by atoms with Gasteiger partial charge in [-0.25, -0.2) is 0 Å². The van der Waals surface area contributed by atoms with E-state index in [0.29, 0.717) is 0 Å². The van der Waals surface area contributed by atoms with Crippen LogP contribution in [0.25, 0.3) is 0 Å². The molecule has 1 rings (SSSR count). The van der Waals surface area contributed by atoms with Crippen molar-refractivity contribution in [2.45, 2.75) is 45.1 Å².